The van der Waals surface area contributed by atoms with Crippen molar-refractivity contribution >= 4 is 26.2 Å². The molecule has 0 amide bonds. The predicted octanol–water partition coefficient (Wildman–Crippen LogP) is 4.79. The molecule has 2 heteroatoms. The molecule has 74 valence electrons. The van der Waals surface area contributed by atoms with Gasteiger partial charge in [0.25, 0.3) is 0 Å². The average molecular weight is 297 g/mol. The average Bonchev–Trinajstić information content (AvgIpc) is 2.02. The first kappa shape index (κ1) is 13.1. The molecule has 0 aromatic rings. The van der Waals surface area contributed by atoms with Crippen LogP contribution in [0.2, 0.25) is 13.3 Å². The number of unbranched alkanes of at least 4 members (excludes halogenated alkanes) is 1. The third-order valence-corrected chi connectivity index (χ3v) is 17.7. The summed E-state index contributed by atoms with van der Waals surface area (Å²) in [5, 5.41) is 0. The summed E-state index contributed by atoms with van der Waals surface area (Å²) >= 11 is -2.03. The topological polar surface area (TPSA) is 0 Å². The van der Waals surface area contributed by atoms with Crippen LogP contribution in [0.25, 0.3) is 0 Å². The van der Waals surface area contributed by atoms with E-state index in [1.165, 1.54) is 39.0 Å². The fourth-order valence-electron chi connectivity index (χ4n) is 1.76. The Morgan fingerprint density at radius 2 is 1.33 bits per heavy atom. The van der Waals surface area contributed by atoms with E-state index in [9.17, 15) is 0 Å². The van der Waals surface area contributed by atoms with Crippen LogP contribution in [0.5, 0.6) is 0 Å². The SMILES string of the molecule is CCC[CH2][Sn]([Cl])([CH2]CC)[CH2]CC. The first-order valence-corrected chi connectivity index (χ1v) is 15.0. The van der Waals surface area contributed by atoms with Crippen LogP contribution in [0.4, 0.5) is 0 Å². The monoisotopic (exact) mass is 298 g/mol. The molecule has 0 fully saturated rings. The third-order valence-electron chi connectivity index (χ3n) is 2.37. The number of hydrogen-bond donors (Lipinski definition) is 0. The Balaban J connectivity index is 3.80. The zero-order valence-corrected chi connectivity index (χ0v) is 12.4. The van der Waals surface area contributed by atoms with E-state index in [0.717, 1.165) is 0 Å². The summed E-state index contributed by atoms with van der Waals surface area (Å²) in [5.41, 5.74) is 0. The van der Waals surface area contributed by atoms with Crippen molar-refractivity contribution in [1.82, 2.24) is 0 Å². The van der Waals surface area contributed by atoms with Crippen molar-refractivity contribution in [2.45, 2.75) is 59.8 Å². The van der Waals surface area contributed by atoms with Crippen molar-refractivity contribution in [3.05, 3.63) is 0 Å². The molecule has 0 aromatic carbocycles. The Labute approximate surface area is 85.7 Å². The van der Waals surface area contributed by atoms with Gasteiger partial charge in [0.1, 0.15) is 0 Å². The second-order valence-corrected chi connectivity index (χ2v) is 20.0. The standard InChI is InChI=1S/C4H9.2C3H7.ClH.Sn/c1-3-4-2;2*1-3-2;;/h1,3-4H2,2H3;2*1,3H2,2H3;1H;/q;;;;+1/p-1. The molecule has 0 heterocycles. The van der Waals surface area contributed by atoms with E-state index in [-0.39, 0.29) is 0 Å². The summed E-state index contributed by atoms with van der Waals surface area (Å²) < 4.78 is 4.20. The molecule has 0 spiro atoms. The summed E-state index contributed by atoms with van der Waals surface area (Å²) in [6.45, 7) is 6.81. The van der Waals surface area contributed by atoms with Gasteiger partial charge in [-0.15, -0.1) is 0 Å². The molecule has 0 unspecified atom stereocenters. The molecule has 0 radical (unpaired) electrons. The maximum atomic E-state index is 6.73. The van der Waals surface area contributed by atoms with Crippen molar-refractivity contribution < 1.29 is 0 Å². The van der Waals surface area contributed by atoms with Crippen LogP contribution in [0.3, 0.4) is 0 Å². The van der Waals surface area contributed by atoms with E-state index in [1.807, 2.05) is 0 Å². The molecule has 12 heavy (non-hydrogen) atoms. The van der Waals surface area contributed by atoms with Crippen LogP contribution in [0.1, 0.15) is 46.5 Å². The van der Waals surface area contributed by atoms with Crippen LogP contribution in [-0.4, -0.2) is 17.3 Å². The van der Waals surface area contributed by atoms with Gasteiger partial charge in [0, 0.05) is 0 Å². The van der Waals surface area contributed by atoms with Gasteiger partial charge in [-0.05, 0) is 0 Å². The van der Waals surface area contributed by atoms with E-state index in [0.29, 0.717) is 0 Å². The summed E-state index contributed by atoms with van der Waals surface area (Å²) in [5.74, 6) is 0. The Hall–Kier alpha value is 1.09. The Morgan fingerprint density at radius 3 is 1.67 bits per heavy atom. The second-order valence-electron chi connectivity index (χ2n) is 3.75. The first-order valence-electron chi connectivity index (χ1n) is 5.37. The molecule has 0 aromatic heterocycles. The Morgan fingerprint density at radius 1 is 0.833 bits per heavy atom. The Bertz CT molecular complexity index is 98.0. The normalized spacial score (nSPS) is 12.0. The molecule has 0 aliphatic heterocycles. The summed E-state index contributed by atoms with van der Waals surface area (Å²) in [7, 11) is 6.73. The summed E-state index contributed by atoms with van der Waals surface area (Å²) in [6.07, 6.45) is 5.31. The van der Waals surface area contributed by atoms with Gasteiger partial charge in [-0.2, -0.15) is 0 Å². The minimum absolute atomic E-state index is 1.31. The number of hydrogen-bond acceptors (Lipinski definition) is 0. The van der Waals surface area contributed by atoms with Crippen molar-refractivity contribution in [3.8, 4) is 0 Å². The first-order chi connectivity index (χ1) is 5.68. The van der Waals surface area contributed by atoms with Crippen molar-refractivity contribution in [3.63, 3.8) is 0 Å². The zero-order chi connectivity index (χ0) is 9.45. The second kappa shape index (κ2) is 7.49. The van der Waals surface area contributed by atoms with Gasteiger partial charge in [-0.25, -0.2) is 0 Å². The Kier molecular flexibility index (Phi) is 8.17. The molecular weight excluding hydrogens is 274 g/mol. The predicted molar refractivity (Wildman–Crippen MR) is 61.5 cm³/mol. The molecule has 0 saturated heterocycles. The van der Waals surface area contributed by atoms with Crippen LogP contribution in [-0.2, 0) is 0 Å². The van der Waals surface area contributed by atoms with Crippen LogP contribution < -0.4 is 0 Å². The molecule has 0 atom stereocenters. The van der Waals surface area contributed by atoms with E-state index < -0.39 is 17.3 Å². The van der Waals surface area contributed by atoms with E-state index in [4.69, 9.17) is 8.92 Å². The minimum atomic E-state index is -2.03. The van der Waals surface area contributed by atoms with Gasteiger partial charge in [-0.3, -0.25) is 0 Å². The quantitative estimate of drug-likeness (QED) is 0.593. The number of halogens is 1. The van der Waals surface area contributed by atoms with Gasteiger partial charge in [0.2, 0.25) is 0 Å². The fraction of sp³-hybridized carbons (Fsp3) is 1.00. The molecule has 0 bridgehead atoms. The molecule has 0 rings (SSSR count). The van der Waals surface area contributed by atoms with Gasteiger partial charge in [0.05, 0.1) is 0 Å². The molecular formula is C10H23ClSn. The molecule has 0 aliphatic carbocycles. The number of rotatable bonds is 7. The van der Waals surface area contributed by atoms with Gasteiger partial charge < -0.3 is 0 Å². The van der Waals surface area contributed by atoms with Crippen molar-refractivity contribution in [1.29, 1.82) is 0 Å². The van der Waals surface area contributed by atoms with E-state index in [2.05, 4.69) is 20.8 Å². The van der Waals surface area contributed by atoms with E-state index >= 15 is 0 Å². The van der Waals surface area contributed by atoms with Gasteiger partial charge in [0.15, 0.2) is 0 Å². The summed E-state index contributed by atoms with van der Waals surface area (Å²) in [6, 6.07) is 0. The van der Waals surface area contributed by atoms with Crippen molar-refractivity contribution in [2.75, 3.05) is 0 Å². The molecule has 0 saturated carbocycles. The summed E-state index contributed by atoms with van der Waals surface area (Å²) in [4.78, 5) is 0. The zero-order valence-electron chi connectivity index (χ0n) is 8.83. The molecule has 0 nitrogen and oxygen atoms in total. The maximum absolute atomic E-state index is 6.73. The molecule has 0 N–H and O–H groups in total. The van der Waals surface area contributed by atoms with Crippen LogP contribution in [0.15, 0.2) is 0 Å². The van der Waals surface area contributed by atoms with Gasteiger partial charge >= 0.3 is 85.9 Å². The van der Waals surface area contributed by atoms with Crippen LogP contribution in [0, 0.1) is 0 Å². The van der Waals surface area contributed by atoms with Gasteiger partial charge in [-0.1, -0.05) is 0 Å². The van der Waals surface area contributed by atoms with Crippen LogP contribution >= 0.6 is 8.92 Å². The van der Waals surface area contributed by atoms with E-state index in [1.54, 1.807) is 0 Å². The molecule has 0 aliphatic rings. The third kappa shape index (κ3) is 5.69. The fourth-order valence-corrected chi connectivity index (χ4v) is 15.3. The van der Waals surface area contributed by atoms with Crippen molar-refractivity contribution in [2.24, 2.45) is 0 Å².